The smallest absolute Gasteiger partial charge is 0.190 e. The second kappa shape index (κ2) is 8.89. The average molecular weight is 479 g/mol. The zero-order chi connectivity index (χ0) is 24.2. The number of carbonyl (C=O) groups excluding carboxylic acids is 3. The van der Waals surface area contributed by atoms with E-state index in [1.54, 1.807) is 0 Å². The summed E-state index contributed by atoms with van der Waals surface area (Å²) in [6.07, 6.45) is 4.42. The highest BCUT2D eigenvalue weighted by Gasteiger charge is 2.68. The van der Waals surface area contributed by atoms with Crippen molar-refractivity contribution in [2.45, 2.75) is 90.3 Å². The fourth-order valence-corrected chi connectivity index (χ4v) is 9.31. The highest BCUT2D eigenvalue weighted by atomic mass is 32.2. The van der Waals surface area contributed by atoms with Gasteiger partial charge in [0, 0.05) is 30.4 Å². The van der Waals surface area contributed by atoms with Gasteiger partial charge in [-0.15, -0.1) is 11.8 Å². The lowest BCUT2D eigenvalue weighted by atomic mass is 9.45. The van der Waals surface area contributed by atoms with Crippen molar-refractivity contribution in [2.24, 2.45) is 28.6 Å². The van der Waals surface area contributed by atoms with Gasteiger partial charge < -0.3 is 15.3 Å². The molecule has 0 aliphatic heterocycles. The third-order valence-electron chi connectivity index (χ3n) is 9.78. The monoisotopic (exact) mass is 478 g/mol. The zero-order valence-corrected chi connectivity index (χ0v) is 20.9. The van der Waals surface area contributed by atoms with E-state index in [4.69, 9.17) is 0 Å². The number of Topliss-reactive ketones (excluding diaryl/α,β-unsaturated/α-hetero) is 3. The predicted octanol–water partition coefficient (Wildman–Crippen LogP) is 3.21. The van der Waals surface area contributed by atoms with E-state index in [9.17, 15) is 29.7 Å². The summed E-state index contributed by atoms with van der Waals surface area (Å²) < 4.78 is 0. The molecule has 6 nitrogen and oxygen atoms in total. The van der Waals surface area contributed by atoms with Crippen molar-refractivity contribution in [1.82, 2.24) is 0 Å². The minimum Gasteiger partial charge on any atom is -0.393 e. The SMILES string of the molecule is CCC(=O)CCSC1=C2CC[C@@H]3[C@H]([C@@H](O)C[C@@]4(C)[C@H]3CC[C@]4(O)C(=O)CO)[C@@]2(C)CCC1=O. The van der Waals surface area contributed by atoms with Crippen molar-refractivity contribution in [3.63, 3.8) is 0 Å². The van der Waals surface area contributed by atoms with E-state index in [2.05, 4.69) is 6.92 Å². The molecule has 3 fully saturated rings. The first-order valence-electron chi connectivity index (χ1n) is 12.5. The second-order valence-corrected chi connectivity index (χ2v) is 12.2. The summed E-state index contributed by atoms with van der Waals surface area (Å²) in [6, 6.07) is 0. The molecule has 4 aliphatic rings. The number of aliphatic hydroxyl groups excluding tert-OH is 2. The van der Waals surface area contributed by atoms with E-state index in [-0.39, 0.29) is 34.7 Å². The van der Waals surface area contributed by atoms with Gasteiger partial charge in [-0.05, 0) is 67.3 Å². The summed E-state index contributed by atoms with van der Waals surface area (Å²) in [7, 11) is 0. The first-order valence-corrected chi connectivity index (χ1v) is 13.5. The van der Waals surface area contributed by atoms with Crippen LogP contribution in [-0.4, -0.2) is 56.7 Å². The number of allylic oxidation sites excluding steroid dienone is 1. The Balaban J connectivity index is 1.65. The van der Waals surface area contributed by atoms with Crippen LogP contribution >= 0.6 is 11.8 Å². The summed E-state index contributed by atoms with van der Waals surface area (Å²) in [5.74, 6) is 0.678. The Hall–Kier alpha value is -1.02. The van der Waals surface area contributed by atoms with Crippen molar-refractivity contribution >= 4 is 29.1 Å². The molecule has 0 aromatic heterocycles. The van der Waals surface area contributed by atoms with Crippen LogP contribution in [0.1, 0.15) is 78.6 Å². The third-order valence-corrected chi connectivity index (χ3v) is 11.0. The standard InChI is InChI=1S/C26H38O6S/c1-4-15(28)9-12-33-23-18-6-5-16-17-7-11-26(32,21(31)14-27)25(17,3)13-20(30)22(16)24(18,2)10-8-19(23)29/h16-17,20,22,27,30,32H,4-14H2,1-3H3/t16-,17-,20-,22+,24-,25-,26-/m0/s1. The van der Waals surface area contributed by atoms with Gasteiger partial charge in [-0.3, -0.25) is 14.4 Å². The number of hydrogen-bond acceptors (Lipinski definition) is 7. The van der Waals surface area contributed by atoms with E-state index in [1.165, 1.54) is 11.8 Å². The van der Waals surface area contributed by atoms with Gasteiger partial charge in [0.05, 0.1) is 11.0 Å². The van der Waals surface area contributed by atoms with Crippen molar-refractivity contribution in [1.29, 1.82) is 0 Å². The van der Waals surface area contributed by atoms with Crippen LogP contribution in [0.3, 0.4) is 0 Å². The lowest BCUT2D eigenvalue weighted by Crippen LogP contribution is -2.62. The minimum atomic E-state index is -1.59. The minimum absolute atomic E-state index is 0.0214. The van der Waals surface area contributed by atoms with Crippen LogP contribution in [0, 0.1) is 28.6 Å². The Labute approximate surface area is 200 Å². The molecule has 3 saturated carbocycles. The fraction of sp³-hybridized carbons (Fsp3) is 0.808. The summed E-state index contributed by atoms with van der Waals surface area (Å²) >= 11 is 1.51. The third kappa shape index (κ3) is 3.69. The molecule has 3 N–H and O–H groups in total. The van der Waals surface area contributed by atoms with Gasteiger partial charge in [-0.25, -0.2) is 0 Å². The Bertz CT molecular complexity index is 882. The number of thioether (sulfide) groups is 1. The van der Waals surface area contributed by atoms with Crippen LogP contribution in [0.25, 0.3) is 0 Å². The second-order valence-electron chi connectivity index (χ2n) is 11.1. The average Bonchev–Trinajstić information content (AvgIpc) is 3.05. The highest BCUT2D eigenvalue weighted by Crippen LogP contribution is 2.68. The van der Waals surface area contributed by atoms with Gasteiger partial charge in [-0.1, -0.05) is 20.8 Å². The van der Waals surface area contributed by atoms with Crippen LogP contribution in [0.15, 0.2) is 10.5 Å². The Morgan fingerprint density at radius 3 is 2.55 bits per heavy atom. The van der Waals surface area contributed by atoms with Gasteiger partial charge in [0.1, 0.15) is 18.0 Å². The molecular formula is C26H38O6S. The molecule has 184 valence electrons. The number of rotatable bonds is 7. The number of ketones is 3. The molecule has 0 amide bonds. The molecule has 0 bridgehead atoms. The fourth-order valence-electron chi connectivity index (χ4n) is 8.00. The van der Waals surface area contributed by atoms with Crippen LogP contribution < -0.4 is 0 Å². The number of fused-ring (bicyclic) bond motifs is 5. The van der Waals surface area contributed by atoms with Crippen LogP contribution in [0.5, 0.6) is 0 Å². The van der Waals surface area contributed by atoms with Gasteiger partial charge in [0.25, 0.3) is 0 Å². The van der Waals surface area contributed by atoms with E-state index in [0.29, 0.717) is 50.7 Å². The van der Waals surface area contributed by atoms with E-state index < -0.39 is 29.5 Å². The Morgan fingerprint density at radius 1 is 1.15 bits per heavy atom. The Kier molecular flexibility index (Phi) is 6.75. The largest absolute Gasteiger partial charge is 0.393 e. The van der Waals surface area contributed by atoms with Gasteiger partial charge in [-0.2, -0.15) is 0 Å². The van der Waals surface area contributed by atoms with Gasteiger partial charge in [0.2, 0.25) is 0 Å². The summed E-state index contributed by atoms with van der Waals surface area (Å²) in [5, 5.41) is 32.3. The molecule has 0 aromatic rings. The van der Waals surface area contributed by atoms with Crippen LogP contribution in [0.2, 0.25) is 0 Å². The first kappa shape index (κ1) is 25.1. The summed E-state index contributed by atoms with van der Waals surface area (Å²) in [6.45, 7) is 5.28. The summed E-state index contributed by atoms with van der Waals surface area (Å²) in [4.78, 5) is 38.0. The van der Waals surface area contributed by atoms with Crippen molar-refractivity contribution < 1.29 is 29.7 Å². The van der Waals surface area contributed by atoms with Crippen molar-refractivity contribution in [3.8, 4) is 0 Å². The normalized spacial score (nSPS) is 42.5. The molecule has 7 atom stereocenters. The lowest BCUT2D eigenvalue weighted by molar-refractivity contribution is -0.182. The Morgan fingerprint density at radius 2 is 1.88 bits per heavy atom. The number of aliphatic hydroxyl groups is 3. The lowest BCUT2D eigenvalue weighted by Gasteiger charge is -2.60. The zero-order valence-electron chi connectivity index (χ0n) is 20.1. The predicted molar refractivity (Wildman–Crippen MR) is 126 cm³/mol. The summed E-state index contributed by atoms with van der Waals surface area (Å²) in [5.41, 5.74) is -1.49. The molecule has 0 saturated heterocycles. The number of hydrogen-bond donors (Lipinski definition) is 3. The van der Waals surface area contributed by atoms with Crippen molar-refractivity contribution in [3.05, 3.63) is 10.5 Å². The maximum absolute atomic E-state index is 12.9. The van der Waals surface area contributed by atoms with Gasteiger partial charge in [0.15, 0.2) is 11.6 Å². The maximum atomic E-state index is 12.9. The van der Waals surface area contributed by atoms with Crippen LogP contribution in [0.4, 0.5) is 0 Å². The number of carbonyl (C=O) groups is 3. The van der Waals surface area contributed by atoms with Crippen molar-refractivity contribution in [2.75, 3.05) is 12.4 Å². The quantitative estimate of drug-likeness (QED) is 0.515. The topological polar surface area (TPSA) is 112 Å². The molecule has 4 aliphatic carbocycles. The van der Waals surface area contributed by atoms with Gasteiger partial charge >= 0.3 is 0 Å². The molecule has 33 heavy (non-hydrogen) atoms. The maximum Gasteiger partial charge on any atom is 0.190 e. The molecule has 0 aromatic carbocycles. The highest BCUT2D eigenvalue weighted by molar-refractivity contribution is 8.04. The molecule has 4 rings (SSSR count). The molecular weight excluding hydrogens is 440 g/mol. The van der Waals surface area contributed by atoms with E-state index >= 15 is 0 Å². The molecule has 0 radical (unpaired) electrons. The molecule has 0 heterocycles. The van der Waals surface area contributed by atoms with E-state index in [0.717, 1.165) is 23.3 Å². The molecule has 7 heteroatoms. The molecule has 0 unspecified atom stereocenters. The van der Waals surface area contributed by atoms with Crippen LogP contribution in [-0.2, 0) is 14.4 Å². The molecule has 0 spiro atoms. The van der Waals surface area contributed by atoms with E-state index in [1.807, 2.05) is 13.8 Å². The first-order chi connectivity index (χ1) is 15.5.